The van der Waals surface area contributed by atoms with Gasteiger partial charge >= 0.3 is 0 Å². The number of rotatable bonds is 6. The highest BCUT2D eigenvalue weighted by atomic mass is 16.2. The molecule has 94 valence electrons. The Morgan fingerprint density at radius 1 is 1.35 bits per heavy atom. The first-order valence-electron chi connectivity index (χ1n) is 6.66. The Kier molecular flexibility index (Phi) is 4.95. The number of aromatic nitrogens is 1. The van der Waals surface area contributed by atoms with Crippen molar-refractivity contribution in [2.45, 2.75) is 38.1 Å². The van der Waals surface area contributed by atoms with Crippen molar-refractivity contribution in [2.24, 2.45) is 0 Å². The predicted octanol–water partition coefficient (Wildman–Crippen LogP) is 2.38. The molecule has 1 aromatic rings. The van der Waals surface area contributed by atoms with Crippen LogP contribution in [-0.2, 0) is 0 Å². The molecule has 0 spiro atoms. The van der Waals surface area contributed by atoms with Crippen LogP contribution < -0.4 is 0 Å². The topological polar surface area (TPSA) is 36.4 Å². The highest BCUT2D eigenvalue weighted by molar-refractivity contribution is 5.15. The van der Waals surface area contributed by atoms with E-state index in [-0.39, 0.29) is 0 Å². The van der Waals surface area contributed by atoms with Crippen LogP contribution in [0, 0.1) is 0 Å². The quantitative estimate of drug-likeness (QED) is 0.768. The minimum absolute atomic E-state index is 0.325. The highest BCUT2D eigenvalue weighted by Gasteiger charge is 2.25. The first-order valence-corrected chi connectivity index (χ1v) is 6.66. The lowest BCUT2D eigenvalue weighted by Gasteiger charge is -2.24. The zero-order chi connectivity index (χ0) is 11.9. The van der Waals surface area contributed by atoms with Gasteiger partial charge < -0.3 is 5.11 Å². The van der Waals surface area contributed by atoms with Crippen LogP contribution in [0.1, 0.15) is 43.7 Å². The van der Waals surface area contributed by atoms with E-state index < -0.39 is 0 Å². The van der Waals surface area contributed by atoms with Crippen LogP contribution in [0.15, 0.2) is 24.5 Å². The van der Waals surface area contributed by atoms with Gasteiger partial charge in [-0.05, 0) is 56.8 Å². The summed E-state index contributed by atoms with van der Waals surface area (Å²) in [4.78, 5) is 6.78. The minimum atomic E-state index is 0.325. The van der Waals surface area contributed by atoms with Crippen LogP contribution in [0.4, 0.5) is 0 Å². The number of hydrogen-bond donors (Lipinski definition) is 1. The Balaban J connectivity index is 1.85. The number of unbranched alkanes of at least 4 members (excludes halogenated alkanes) is 2. The SMILES string of the molecule is OCCCCCN1CCCC1c1cccnc1. The second kappa shape index (κ2) is 6.72. The van der Waals surface area contributed by atoms with Crippen molar-refractivity contribution >= 4 is 0 Å². The molecule has 3 heteroatoms. The lowest BCUT2D eigenvalue weighted by molar-refractivity contribution is 0.240. The lowest BCUT2D eigenvalue weighted by Crippen LogP contribution is -2.24. The fraction of sp³-hybridized carbons (Fsp3) is 0.643. The monoisotopic (exact) mass is 234 g/mol. The molecule has 0 aliphatic carbocycles. The second-order valence-corrected chi connectivity index (χ2v) is 4.76. The fourth-order valence-electron chi connectivity index (χ4n) is 2.65. The van der Waals surface area contributed by atoms with E-state index in [2.05, 4.69) is 16.0 Å². The number of pyridine rings is 1. The molecule has 1 N–H and O–H groups in total. The maximum Gasteiger partial charge on any atom is 0.0431 e. The summed E-state index contributed by atoms with van der Waals surface area (Å²) in [7, 11) is 0. The number of nitrogens with zero attached hydrogens (tertiary/aromatic N) is 2. The third kappa shape index (κ3) is 3.51. The molecule has 1 aromatic heterocycles. The molecule has 0 saturated carbocycles. The van der Waals surface area contributed by atoms with Gasteiger partial charge in [-0.3, -0.25) is 9.88 Å². The van der Waals surface area contributed by atoms with Crippen LogP contribution in [-0.4, -0.2) is 34.7 Å². The van der Waals surface area contributed by atoms with Crippen LogP contribution in [0.2, 0.25) is 0 Å². The molecule has 1 saturated heterocycles. The third-order valence-electron chi connectivity index (χ3n) is 3.54. The number of hydrogen-bond acceptors (Lipinski definition) is 3. The van der Waals surface area contributed by atoms with E-state index in [4.69, 9.17) is 5.11 Å². The molecule has 0 amide bonds. The van der Waals surface area contributed by atoms with Gasteiger partial charge in [0.05, 0.1) is 0 Å². The molecular formula is C14H22N2O. The zero-order valence-corrected chi connectivity index (χ0v) is 10.4. The van der Waals surface area contributed by atoms with Crippen LogP contribution >= 0.6 is 0 Å². The van der Waals surface area contributed by atoms with E-state index >= 15 is 0 Å². The largest absolute Gasteiger partial charge is 0.396 e. The smallest absolute Gasteiger partial charge is 0.0431 e. The maximum absolute atomic E-state index is 8.77. The molecule has 0 radical (unpaired) electrons. The van der Waals surface area contributed by atoms with Gasteiger partial charge in [-0.1, -0.05) is 6.07 Å². The van der Waals surface area contributed by atoms with Crippen LogP contribution in [0.25, 0.3) is 0 Å². The summed E-state index contributed by atoms with van der Waals surface area (Å²) in [5, 5.41) is 8.77. The van der Waals surface area contributed by atoms with Crippen LogP contribution in [0.5, 0.6) is 0 Å². The molecule has 1 unspecified atom stereocenters. The lowest BCUT2D eigenvalue weighted by atomic mass is 10.1. The summed E-state index contributed by atoms with van der Waals surface area (Å²) in [6, 6.07) is 4.78. The molecule has 1 aliphatic rings. The third-order valence-corrected chi connectivity index (χ3v) is 3.54. The number of aliphatic hydroxyl groups excluding tert-OH is 1. The van der Waals surface area contributed by atoms with E-state index in [9.17, 15) is 0 Å². The first-order chi connectivity index (χ1) is 8.42. The molecule has 17 heavy (non-hydrogen) atoms. The normalized spacial score (nSPS) is 20.9. The molecule has 0 bridgehead atoms. The molecule has 1 fully saturated rings. The van der Waals surface area contributed by atoms with E-state index in [1.165, 1.54) is 31.4 Å². The molecule has 2 heterocycles. The predicted molar refractivity (Wildman–Crippen MR) is 68.7 cm³/mol. The van der Waals surface area contributed by atoms with Gasteiger partial charge in [0.25, 0.3) is 0 Å². The second-order valence-electron chi connectivity index (χ2n) is 4.76. The van der Waals surface area contributed by atoms with E-state index in [0.29, 0.717) is 12.6 Å². The molecule has 3 nitrogen and oxygen atoms in total. The zero-order valence-electron chi connectivity index (χ0n) is 10.4. The molecule has 1 atom stereocenters. The average Bonchev–Trinajstić information content (AvgIpc) is 2.84. The summed E-state index contributed by atoms with van der Waals surface area (Å²) in [5.41, 5.74) is 1.35. The summed E-state index contributed by atoms with van der Waals surface area (Å²) >= 11 is 0. The first kappa shape index (κ1) is 12.5. The summed E-state index contributed by atoms with van der Waals surface area (Å²) in [6.07, 6.45) is 9.64. The van der Waals surface area contributed by atoms with E-state index in [1.807, 2.05) is 18.5 Å². The van der Waals surface area contributed by atoms with Gasteiger partial charge in [-0.25, -0.2) is 0 Å². The molecule has 2 rings (SSSR count). The van der Waals surface area contributed by atoms with Crippen LogP contribution in [0.3, 0.4) is 0 Å². The van der Waals surface area contributed by atoms with Gasteiger partial charge in [0.1, 0.15) is 0 Å². The Morgan fingerprint density at radius 2 is 2.29 bits per heavy atom. The fourth-order valence-corrected chi connectivity index (χ4v) is 2.65. The van der Waals surface area contributed by atoms with Crippen molar-refractivity contribution in [2.75, 3.05) is 19.7 Å². The Labute approximate surface area is 103 Å². The van der Waals surface area contributed by atoms with Gasteiger partial charge in [-0.2, -0.15) is 0 Å². The van der Waals surface area contributed by atoms with E-state index in [0.717, 1.165) is 19.4 Å². The van der Waals surface area contributed by atoms with Gasteiger partial charge in [0, 0.05) is 25.0 Å². The Bertz CT molecular complexity index is 315. The van der Waals surface area contributed by atoms with Gasteiger partial charge in [0.15, 0.2) is 0 Å². The van der Waals surface area contributed by atoms with Crippen molar-refractivity contribution in [3.8, 4) is 0 Å². The van der Waals surface area contributed by atoms with Crippen molar-refractivity contribution in [1.29, 1.82) is 0 Å². The van der Waals surface area contributed by atoms with Crippen molar-refractivity contribution in [1.82, 2.24) is 9.88 Å². The highest BCUT2D eigenvalue weighted by Crippen LogP contribution is 2.31. The minimum Gasteiger partial charge on any atom is -0.396 e. The van der Waals surface area contributed by atoms with Gasteiger partial charge in [0.2, 0.25) is 0 Å². The molecule has 0 aromatic carbocycles. The van der Waals surface area contributed by atoms with Crippen molar-refractivity contribution < 1.29 is 5.11 Å². The standard InChI is InChI=1S/C14H22N2O/c17-11-3-1-2-9-16-10-5-7-14(16)13-6-4-8-15-12-13/h4,6,8,12,14,17H,1-3,5,7,9-11H2. The Morgan fingerprint density at radius 3 is 3.06 bits per heavy atom. The van der Waals surface area contributed by atoms with E-state index in [1.54, 1.807) is 0 Å². The molecular weight excluding hydrogens is 212 g/mol. The maximum atomic E-state index is 8.77. The van der Waals surface area contributed by atoms with Crippen molar-refractivity contribution in [3.05, 3.63) is 30.1 Å². The average molecular weight is 234 g/mol. The summed E-state index contributed by atoms with van der Waals surface area (Å²) in [6.45, 7) is 2.68. The number of aliphatic hydroxyl groups is 1. The van der Waals surface area contributed by atoms with Gasteiger partial charge in [-0.15, -0.1) is 0 Å². The Hall–Kier alpha value is -0.930. The summed E-state index contributed by atoms with van der Waals surface area (Å²) < 4.78 is 0. The van der Waals surface area contributed by atoms with Crippen molar-refractivity contribution in [3.63, 3.8) is 0 Å². The molecule has 1 aliphatic heterocycles. The number of likely N-dealkylation sites (tertiary alicyclic amines) is 1. The summed E-state index contributed by atoms with van der Waals surface area (Å²) in [5.74, 6) is 0.